The molecular weight excluding hydrogens is 246 g/mol. The number of halogens is 2. The summed E-state index contributed by atoms with van der Waals surface area (Å²) in [5, 5.41) is 0.888. The van der Waals surface area contributed by atoms with E-state index in [0.29, 0.717) is 5.69 Å². The summed E-state index contributed by atoms with van der Waals surface area (Å²) < 4.78 is 29.1. The summed E-state index contributed by atoms with van der Waals surface area (Å²) >= 11 is 0. The van der Waals surface area contributed by atoms with E-state index in [2.05, 4.69) is 0 Å². The summed E-state index contributed by atoms with van der Waals surface area (Å²) in [7, 11) is 0. The molecule has 2 nitrogen and oxygen atoms in total. The normalized spacial score (nSPS) is 11.1. The summed E-state index contributed by atoms with van der Waals surface area (Å²) in [5.74, 6) is -1.07. The molecule has 0 fully saturated rings. The van der Waals surface area contributed by atoms with Crippen LogP contribution in [0.3, 0.4) is 0 Å². The van der Waals surface area contributed by atoms with Gasteiger partial charge in [0.25, 0.3) is 0 Å². The first-order valence-electron chi connectivity index (χ1n) is 5.93. The number of nitrogens with zero attached hydrogens (tertiary/aromatic N) is 1. The van der Waals surface area contributed by atoms with E-state index in [1.165, 1.54) is 18.2 Å². The van der Waals surface area contributed by atoms with Crippen LogP contribution in [0.25, 0.3) is 10.9 Å². The Morgan fingerprint density at radius 3 is 2.37 bits per heavy atom. The molecule has 3 rings (SSSR count). The Morgan fingerprint density at radius 2 is 1.63 bits per heavy atom. The number of anilines is 1. The summed E-state index contributed by atoms with van der Waals surface area (Å²) in [6, 6.07) is 11.2. The highest BCUT2D eigenvalue weighted by atomic mass is 19.1. The Hall–Kier alpha value is -2.36. The fourth-order valence-corrected chi connectivity index (χ4v) is 2.24. The van der Waals surface area contributed by atoms with E-state index in [-0.39, 0.29) is 12.1 Å². The molecule has 1 aromatic heterocycles. The highest BCUT2D eigenvalue weighted by Gasteiger charge is 2.10. The van der Waals surface area contributed by atoms with Crippen LogP contribution < -0.4 is 5.73 Å². The second-order valence-electron chi connectivity index (χ2n) is 4.42. The van der Waals surface area contributed by atoms with Crippen LogP contribution >= 0.6 is 0 Å². The Bertz CT molecular complexity index is 727. The molecule has 4 heteroatoms. The molecular formula is C15H12F2N2. The Kier molecular flexibility index (Phi) is 2.71. The van der Waals surface area contributed by atoms with Crippen LogP contribution in [0.15, 0.2) is 48.7 Å². The molecule has 0 saturated heterocycles. The van der Waals surface area contributed by atoms with Crippen molar-refractivity contribution in [2.24, 2.45) is 0 Å². The molecule has 0 aliphatic carbocycles. The number of nitrogens with two attached hydrogens (primary N) is 1. The van der Waals surface area contributed by atoms with E-state index in [0.717, 1.165) is 10.9 Å². The summed E-state index contributed by atoms with van der Waals surface area (Å²) in [5.41, 5.74) is 7.44. The van der Waals surface area contributed by atoms with Gasteiger partial charge in [0.05, 0.1) is 12.1 Å². The Balaban J connectivity index is 2.09. The van der Waals surface area contributed by atoms with Gasteiger partial charge in [-0.15, -0.1) is 0 Å². The van der Waals surface area contributed by atoms with E-state index in [4.69, 9.17) is 5.73 Å². The largest absolute Gasteiger partial charge is 0.398 e. The third kappa shape index (κ3) is 1.95. The molecule has 0 amide bonds. The van der Waals surface area contributed by atoms with E-state index in [1.807, 2.05) is 18.2 Å². The molecule has 2 aromatic carbocycles. The van der Waals surface area contributed by atoms with Gasteiger partial charge in [0.2, 0.25) is 0 Å². The van der Waals surface area contributed by atoms with Crippen LogP contribution in [0.4, 0.5) is 14.5 Å². The monoisotopic (exact) mass is 258 g/mol. The van der Waals surface area contributed by atoms with E-state index < -0.39 is 11.6 Å². The minimum atomic E-state index is -0.536. The van der Waals surface area contributed by atoms with Crippen molar-refractivity contribution in [3.05, 3.63) is 65.9 Å². The molecule has 0 unspecified atom stereocenters. The van der Waals surface area contributed by atoms with Crippen molar-refractivity contribution in [1.82, 2.24) is 4.57 Å². The maximum atomic E-state index is 13.6. The predicted octanol–water partition coefficient (Wildman–Crippen LogP) is 3.55. The van der Waals surface area contributed by atoms with Gasteiger partial charge in [-0.3, -0.25) is 0 Å². The van der Waals surface area contributed by atoms with E-state index in [1.54, 1.807) is 16.8 Å². The van der Waals surface area contributed by atoms with Crippen molar-refractivity contribution in [3.8, 4) is 0 Å². The van der Waals surface area contributed by atoms with Gasteiger partial charge >= 0.3 is 0 Å². The summed E-state index contributed by atoms with van der Waals surface area (Å²) in [6.07, 6.45) is 1.78. The first kappa shape index (κ1) is 11.7. The third-order valence-electron chi connectivity index (χ3n) is 3.24. The summed E-state index contributed by atoms with van der Waals surface area (Å²) in [6.45, 7) is 0.144. The van der Waals surface area contributed by atoms with Gasteiger partial charge in [-0.25, -0.2) is 8.78 Å². The number of rotatable bonds is 2. The predicted molar refractivity (Wildman–Crippen MR) is 71.8 cm³/mol. The van der Waals surface area contributed by atoms with E-state index >= 15 is 0 Å². The number of hydrogen-bond acceptors (Lipinski definition) is 1. The second kappa shape index (κ2) is 4.39. The quantitative estimate of drug-likeness (QED) is 0.700. The van der Waals surface area contributed by atoms with Gasteiger partial charge in [0, 0.05) is 22.8 Å². The zero-order valence-electron chi connectivity index (χ0n) is 10.1. The molecule has 0 saturated carbocycles. The zero-order valence-corrected chi connectivity index (χ0v) is 10.1. The van der Waals surface area contributed by atoms with Crippen LogP contribution in [-0.4, -0.2) is 4.57 Å². The summed E-state index contributed by atoms with van der Waals surface area (Å²) in [4.78, 5) is 0. The number of hydrogen-bond donors (Lipinski definition) is 1. The molecule has 0 radical (unpaired) electrons. The van der Waals surface area contributed by atoms with Gasteiger partial charge in [-0.2, -0.15) is 0 Å². The first-order chi connectivity index (χ1) is 9.16. The molecule has 0 aliphatic heterocycles. The number of benzene rings is 2. The number of aromatic nitrogens is 1. The maximum absolute atomic E-state index is 13.6. The first-order valence-corrected chi connectivity index (χ1v) is 5.93. The smallest absolute Gasteiger partial charge is 0.131 e. The lowest BCUT2D eigenvalue weighted by Crippen LogP contribution is -2.03. The molecule has 0 aliphatic rings. The van der Waals surface area contributed by atoms with Crippen molar-refractivity contribution in [2.75, 3.05) is 5.73 Å². The van der Waals surface area contributed by atoms with Gasteiger partial charge in [0.15, 0.2) is 0 Å². The Morgan fingerprint density at radius 1 is 0.947 bits per heavy atom. The Labute approximate surface area is 109 Å². The highest BCUT2D eigenvalue weighted by molar-refractivity contribution is 5.91. The average Bonchev–Trinajstić information content (AvgIpc) is 2.79. The molecule has 0 spiro atoms. The van der Waals surface area contributed by atoms with Crippen LogP contribution in [-0.2, 0) is 6.54 Å². The topological polar surface area (TPSA) is 30.9 Å². The van der Waals surface area contributed by atoms with Crippen molar-refractivity contribution < 1.29 is 8.78 Å². The standard InChI is InChI=1S/C15H12F2N2/c16-12-3-1-4-13(17)11(12)9-19-8-7-10-14(18)5-2-6-15(10)19/h1-8H,9,18H2. The van der Waals surface area contributed by atoms with Gasteiger partial charge < -0.3 is 10.3 Å². The molecule has 2 N–H and O–H groups in total. The van der Waals surface area contributed by atoms with Gasteiger partial charge in [-0.05, 0) is 30.3 Å². The number of fused-ring (bicyclic) bond motifs is 1. The fraction of sp³-hybridized carbons (Fsp3) is 0.0667. The lowest BCUT2D eigenvalue weighted by molar-refractivity contribution is 0.547. The fourth-order valence-electron chi connectivity index (χ4n) is 2.24. The van der Waals surface area contributed by atoms with Gasteiger partial charge in [-0.1, -0.05) is 12.1 Å². The third-order valence-corrected chi connectivity index (χ3v) is 3.24. The van der Waals surface area contributed by atoms with Crippen LogP contribution in [0, 0.1) is 11.6 Å². The van der Waals surface area contributed by atoms with Crippen LogP contribution in [0.5, 0.6) is 0 Å². The van der Waals surface area contributed by atoms with Crippen LogP contribution in [0.1, 0.15) is 5.56 Å². The van der Waals surface area contributed by atoms with Crippen LogP contribution in [0.2, 0.25) is 0 Å². The highest BCUT2D eigenvalue weighted by Crippen LogP contribution is 2.23. The number of nitrogen functional groups attached to an aromatic ring is 1. The van der Waals surface area contributed by atoms with Crippen molar-refractivity contribution in [2.45, 2.75) is 6.54 Å². The van der Waals surface area contributed by atoms with Crippen molar-refractivity contribution >= 4 is 16.6 Å². The lowest BCUT2D eigenvalue weighted by atomic mass is 10.2. The molecule has 0 bridgehead atoms. The minimum absolute atomic E-state index is 0.0578. The maximum Gasteiger partial charge on any atom is 0.131 e. The average molecular weight is 258 g/mol. The molecule has 0 atom stereocenters. The van der Waals surface area contributed by atoms with Crippen molar-refractivity contribution in [3.63, 3.8) is 0 Å². The van der Waals surface area contributed by atoms with E-state index in [9.17, 15) is 8.78 Å². The SMILES string of the molecule is Nc1cccc2c1ccn2Cc1c(F)cccc1F. The molecule has 19 heavy (non-hydrogen) atoms. The molecule has 3 aromatic rings. The van der Waals surface area contributed by atoms with Crippen molar-refractivity contribution in [1.29, 1.82) is 0 Å². The second-order valence-corrected chi connectivity index (χ2v) is 4.42. The molecule has 1 heterocycles. The van der Waals surface area contributed by atoms with Gasteiger partial charge in [0.1, 0.15) is 11.6 Å². The molecule has 96 valence electrons. The lowest BCUT2D eigenvalue weighted by Gasteiger charge is -2.08. The minimum Gasteiger partial charge on any atom is -0.398 e. The zero-order chi connectivity index (χ0) is 13.4.